The molecule has 1 unspecified atom stereocenters. The number of rotatable bonds is 4. The van der Waals surface area contributed by atoms with Crippen LogP contribution in [0.5, 0.6) is 5.75 Å². The molecule has 1 heterocycles. The van der Waals surface area contributed by atoms with E-state index in [1.165, 1.54) is 6.92 Å². The molecule has 23 heavy (non-hydrogen) atoms. The lowest BCUT2D eigenvalue weighted by atomic mass is 9.97. The van der Waals surface area contributed by atoms with Gasteiger partial charge in [-0.2, -0.15) is 0 Å². The van der Waals surface area contributed by atoms with Crippen molar-refractivity contribution < 1.29 is 23.9 Å². The molecule has 0 bridgehead atoms. The Morgan fingerprint density at radius 3 is 2.70 bits per heavy atom. The molecular weight excluding hydrogens is 298 g/mol. The van der Waals surface area contributed by atoms with Crippen LogP contribution in [0.4, 0.5) is 0 Å². The van der Waals surface area contributed by atoms with Crippen molar-refractivity contribution in [3.8, 4) is 5.75 Å². The molecule has 1 amide bonds. The summed E-state index contributed by atoms with van der Waals surface area (Å²) in [6.45, 7) is 4.28. The van der Waals surface area contributed by atoms with Crippen LogP contribution >= 0.6 is 0 Å². The summed E-state index contributed by atoms with van der Waals surface area (Å²) in [5.41, 5.74) is 0.326. The van der Waals surface area contributed by atoms with E-state index in [1.54, 1.807) is 36.1 Å². The minimum atomic E-state index is -0.478. The molecule has 6 heteroatoms. The standard InChI is InChI=1S/C17H21NO5/c1-3-22-17(21)13-7-6-10-18(11-13)16(20)14-8-4-5-9-15(14)23-12(2)19/h4-5,8-9,13H,3,6-7,10-11H2,1-2H3. The normalized spacial score (nSPS) is 17.5. The zero-order valence-corrected chi connectivity index (χ0v) is 13.4. The van der Waals surface area contributed by atoms with Crippen molar-refractivity contribution in [3.05, 3.63) is 29.8 Å². The third-order valence-corrected chi connectivity index (χ3v) is 3.70. The Bertz CT molecular complexity index is 598. The van der Waals surface area contributed by atoms with Gasteiger partial charge in [-0.15, -0.1) is 0 Å². The topological polar surface area (TPSA) is 72.9 Å². The fraction of sp³-hybridized carbons (Fsp3) is 0.471. The predicted molar refractivity (Wildman–Crippen MR) is 83.0 cm³/mol. The summed E-state index contributed by atoms with van der Waals surface area (Å²) in [6.07, 6.45) is 1.46. The lowest BCUT2D eigenvalue weighted by Crippen LogP contribution is -2.43. The number of hydrogen-bond donors (Lipinski definition) is 0. The van der Waals surface area contributed by atoms with Crippen LogP contribution in [0.25, 0.3) is 0 Å². The molecule has 1 aliphatic rings. The highest BCUT2D eigenvalue weighted by atomic mass is 16.5. The van der Waals surface area contributed by atoms with Gasteiger partial charge in [-0.1, -0.05) is 12.1 Å². The molecule has 1 saturated heterocycles. The van der Waals surface area contributed by atoms with E-state index in [2.05, 4.69) is 0 Å². The Morgan fingerprint density at radius 2 is 2.00 bits per heavy atom. The second kappa shape index (κ2) is 7.76. The molecule has 0 spiro atoms. The lowest BCUT2D eigenvalue weighted by Gasteiger charge is -2.31. The molecule has 0 N–H and O–H groups in total. The number of carbonyl (C=O) groups excluding carboxylic acids is 3. The van der Waals surface area contributed by atoms with Gasteiger partial charge in [0.15, 0.2) is 0 Å². The molecule has 2 rings (SSSR count). The summed E-state index contributed by atoms with van der Waals surface area (Å²) in [4.78, 5) is 37.4. The average Bonchev–Trinajstić information content (AvgIpc) is 2.54. The molecule has 1 atom stereocenters. The number of amides is 1. The first-order valence-corrected chi connectivity index (χ1v) is 7.76. The van der Waals surface area contributed by atoms with Gasteiger partial charge in [0.05, 0.1) is 18.1 Å². The van der Waals surface area contributed by atoms with E-state index in [1.807, 2.05) is 0 Å². The first kappa shape index (κ1) is 17.0. The molecule has 0 radical (unpaired) electrons. The molecule has 0 aliphatic carbocycles. The van der Waals surface area contributed by atoms with Crippen LogP contribution in [-0.4, -0.2) is 42.4 Å². The summed E-state index contributed by atoms with van der Waals surface area (Å²) in [7, 11) is 0. The number of carbonyl (C=O) groups is 3. The van der Waals surface area contributed by atoms with Crippen LogP contribution in [0.3, 0.4) is 0 Å². The lowest BCUT2D eigenvalue weighted by molar-refractivity contribution is -0.149. The van der Waals surface area contributed by atoms with Gasteiger partial charge in [0.2, 0.25) is 0 Å². The van der Waals surface area contributed by atoms with Crippen LogP contribution in [0.2, 0.25) is 0 Å². The summed E-state index contributed by atoms with van der Waals surface area (Å²) in [6, 6.07) is 6.62. The highest BCUT2D eigenvalue weighted by Gasteiger charge is 2.30. The van der Waals surface area contributed by atoms with Crippen molar-refractivity contribution in [2.24, 2.45) is 5.92 Å². The van der Waals surface area contributed by atoms with E-state index in [9.17, 15) is 14.4 Å². The Morgan fingerprint density at radius 1 is 1.26 bits per heavy atom. The minimum Gasteiger partial charge on any atom is -0.466 e. The average molecular weight is 319 g/mol. The summed E-state index contributed by atoms with van der Waals surface area (Å²) in [5.74, 6) is -1.04. The number of benzene rings is 1. The molecule has 0 saturated carbocycles. The second-order valence-corrected chi connectivity index (χ2v) is 5.43. The van der Waals surface area contributed by atoms with Crippen molar-refractivity contribution in [2.45, 2.75) is 26.7 Å². The SMILES string of the molecule is CCOC(=O)C1CCCN(C(=O)c2ccccc2OC(C)=O)C1. The largest absolute Gasteiger partial charge is 0.466 e. The number of ether oxygens (including phenoxy) is 2. The maximum absolute atomic E-state index is 12.7. The zero-order valence-electron chi connectivity index (χ0n) is 13.4. The van der Waals surface area contributed by atoms with E-state index in [-0.39, 0.29) is 23.5 Å². The molecule has 0 aromatic heterocycles. The van der Waals surface area contributed by atoms with E-state index in [0.717, 1.165) is 6.42 Å². The Balaban J connectivity index is 2.14. The molecule has 1 aromatic rings. The van der Waals surface area contributed by atoms with Gasteiger partial charge in [0, 0.05) is 20.0 Å². The highest BCUT2D eigenvalue weighted by Crippen LogP contribution is 2.24. The Labute approximate surface area is 135 Å². The number of para-hydroxylation sites is 1. The highest BCUT2D eigenvalue weighted by molar-refractivity contribution is 5.98. The minimum absolute atomic E-state index is 0.239. The first-order valence-electron chi connectivity index (χ1n) is 7.76. The van der Waals surface area contributed by atoms with Crippen molar-refractivity contribution in [1.82, 2.24) is 4.90 Å². The zero-order chi connectivity index (χ0) is 16.8. The van der Waals surface area contributed by atoms with Gasteiger partial charge in [-0.25, -0.2) is 0 Å². The molecular formula is C17H21NO5. The number of piperidine rings is 1. The van der Waals surface area contributed by atoms with Crippen molar-refractivity contribution in [3.63, 3.8) is 0 Å². The third kappa shape index (κ3) is 4.31. The number of nitrogens with zero attached hydrogens (tertiary/aromatic N) is 1. The van der Waals surface area contributed by atoms with Gasteiger partial charge < -0.3 is 14.4 Å². The number of esters is 2. The monoisotopic (exact) mass is 319 g/mol. The third-order valence-electron chi connectivity index (χ3n) is 3.70. The smallest absolute Gasteiger partial charge is 0.310 e. The fourth-order valence-electron chi connectivity index (χ4n) is 2.67. The summed E-state index contributed by atoms with van der Waals surface area (Å²) < 4.78 is 10.1. The van der Waals surface area contributed by atoms with Crippen LogP contribution in [0, 0.1) is 5.92 Å². The molecule has 124 valence electrons. The van der Waals surface area contributed by atoms with Crippen LogP contribution in [0.15, 0.2) is 24.3 Å². The van der Waals surface area contributed by atoms with Crippen molar-refractivity contribution >= 4 is 17.8 Å². The second-order valence-electron chi connectivity index (χ2n) is 5.43. The number of likely N-dealkylation sites (tertiary alicyclic amines) is 1. The molecule has 1 aromatic carbocycles. The Kier molecular flexibility index (Phi) is 5.73. The van der Waals surface area contributed by atoms with E-state index in [4.69, 9.17) is 9.47 Å². The van der Waals surface area contributed by atoms with E-state index in [0.29, 0.717) is 31.7 Å². The summed E-state index contributed by atoms with van der Waals surface area (Å²) >= 11 is 0. The molecule has 6 nitrogen and oxygen atoms in total. The predicted octanol–water partition coefficient (Wildman–Crippen LogP) is 2.03. The van der Waals surface area contributed by atoms with Crippen LogP contribution in [-0.2, 0) is 14.3 Å². The molecule has 1 fully saturated rings. The Hall–Kier alpha value is -2.37. The van der Waals surface area contributed by atoms with Gasteiger partial charge in [-0.3, -0.25) is 14.4 Å². The van der Waals surface area contributed by atoms with Gasteiger partial charge in [-0.05, 0) is 31.9 Å². The van der Waals surface area contributed by atoms with Crippen molar-refractivity contribution in [1.29, 1.82) is 0 Å². The fourth-order valence-corrected chi connectivity index (χ4v) is 2.67. The summed E-state index contributed by atoms with van der Waals surface area (Å²) in [5, 5.41) is 0. The van der Waals surface area contributed by atoms with Crippen molar-refractivity contribution in [2.75, 3.05) is 19.7 Å². The van der Waals surface area contributed by atoms with Crippen LogP contribution in [0.1, 0.15) is 37.0 Å². The molecule has 1 aliphatic heterocycles. The van der Waals surface area contributed by atoms with E-state index >= 15 is 0 Å². The van der Waals surface area contributed by atoms with Gasteiger partial charge in [0.1, 0.15) is 5.75 Å². The number of hydrogen-bond acceptors (Lipinski definition) is 5. The van der Waals surface area contributed by atoms with E-state index < -0.39 is 5.97 Å². The van der Waals surface area contributed by atoms with Crippen LogP contribution < -0.4 is 4.74 Å². The van der Waals surface area contributed by atoms with Gasteiger partial charge >= 0.3 is 11.9 Å². The first-order chi connectivity index (χ1) is 11.0. The van der Waals surface area contributed by atoms with Gasteiger partial charge in [0.25, 0.3) is 5.91 Å². The quantitative estimate of drug-likeness (QED) is 0.627. The maximum Gasteiger partial charge on any atom is 0.310 e. The maximum atomic E-state index is 12.7.